The molecule has 4 heteroatoms. The summed E-state index contributed by atoms with van der Waals surface area (Å²) in [5, 5.41) is 7.48. The van der Waals surface area contributed by atoms with Crippen LogP contribution in [0.2, 0.25) is 0 Å². The quantitative estimate of drug-likeness (QED) is 0.711. The van der Waals surface area contributed by atoms with Crippen LogP contribution < -0.4 is 15.4 Å². The lowest BCUT2D eigenvalue weighted by Gasteiger charge is -2.54. The summed E-state index contributed by atoms with van der Waals surface area (Å²) in [7, 11) is 0. The van der Waals surface area contributed by atoms with Gasteiger partial charge in [0.2, 0.25) is 0 Å². The highest BCUT2D eigenvalue weighted by Gasteiger charge is 2.54. The molecule has 0 bridgehead atoms. The Morgan fingerprint density at radius 1 is 1.21 bits per heavy atom. The van der Waals surface area contributed by atoms with E-state index in [9.17, 15) is 0 Å². The number of fused-ring (bicyclic) bond motifs is 1. The third kappa shape index (κ3) is 1.66. The van der Waals surface area contributed by atoms with Crippen LogP contribution >= 0.6 is 12.2 Å². The molecule has 4 rings (SSSR count). The van der Waals surface area contributed by atoms with Crippen LogP contribution in [-0.4, -0.2) is 17.4 Å². The van der Waals surface area contributed by atoms with Crippen molar-refractivity contribution in [2.45, 2.75) is 31.4 Å². The molecule has 19 heavy (non-hydrogen) atoms. The summed E-state index contributed by atoms with van der Waals surface area (Å²) >= 11 is 5.33. The van der Waals surface area contributed by atoms with Gasteiger partial charge >= 0.3 is 0 Å². The fourth-order valence-corrected chi connectivity index (χ4v) is 4.18. The first kappa shape index (κ1) is 11.5. The van der Waals surface area contributed by atoms with E-state index in [0.29, 0.717) is 11.8 Å². The molecule has 2 aliphatic heterocycles. The highest BCUT2D eigenvalue weighted by molar-refractivity contribution is 7.80. The molecule has 3 atom stereocenters. The van der Waals surface area contributed by atoms with Gasteiger partial charge in [0.05, 0.1) is 0 Å². The van der Waals surface area contributed by atoms with Gasteiger partial charge in [-0.2, -0.15) is 0 Å². The van der Waals surface area contributed by atoms with Gasteiger partial charge in [-0.15, -0.1) is 0 Å². The third-order valence-electron chi connectivity index (χ3n) is 4.85. The molecule has 1 aliphatic carbocycles. The van der Waals surface area contributed by atoms with Crippen molar-refractivity contribution in [1.29, 1.82) is 0 Å². The van der Waals surface area contributed by atoms with Crippen LogP contribution in [0.15, 0.2) is 24.3 Å². The van der Waals surface area contributed by atoms with Crippen LogP contribution in [0.4, 0.5) is 0 Å². The normalized spacial score (nSPS) is 35.9. The van der Waals surface area contributed by atoms with E-state index >= 15 is 0 Å². The first-order chi connectivity index (χ1) is 9.28. The van der Waals surface area contributed by atoms with E-state index < -0.39 is 0 Å². The van der Waals surface area contributed by atoms with E-state index in [1.807, 2.05) is 6.07 Å². The fraction of sp³-hybridized carbons (Fsp3) is 0.533. The Kier molecular flexibility index (Phi) is 2.49. The lowest BCUT2D eigenvalue weighted by molar-refractivity contribution is -0.100. The van der Waals surface area contributed by atoms with Gasteiger partial charge in [-0.3, -0.25) is 0 Å². The molecule has 100 valence electrons. The molecule has 0 radical (unpaired) electrons. The molecule has 1 spiro atoms. The lowest BCUT2D eigenvalue weighted by Crippen LogP contribution is -2.72. The van der Waals surface area contributed by atoms with Gasteiger partial charge in [0.25, 0.3) is 0 Å². The average molecular weight is 274 g/mol. The van der Waals surface area contributed by atoms with E-state index in [1.165, 1.54) is 24.8 Å². The molecule has 1 saturated carbocycles. The molecule has 0 aromatic heterocycles. The molecule has 2 heterocycles. The Morgan fingerprint density at radius 3 is 3.00 bits per heavy atom. The zero-order valence-electron chi connectivity index (χ0n) is 10.8. The number of hydrogen-bond acceptors (Lipinski definition) is 2. The summed E-state index contributed by atoms with van der Waals surface area (Å²) in [5.41, 5.74) is 1.07. The predicted octanol–water partition coefficient (Wildman–Crippen LogP) is 2.21. The number of rotatable bonds is 0. The third-order valence-corrected chi connectivity index (χ3v) is 5.10. The molecule has 3 unspecified atom stereocenters. The SMILES string of the molecule is S=C1NCC2CCCC3Cc4ccccc4OC23N1. The van der Waals surface area contributed by atoms with Crippen molar-refractivity contribution >= 4 is 17.3 Å². The summed E-state index contributed by atoms with van der Waals surface area (Å²) in [5.74, 6) is 2.07. The second-order valence-electron chi connectivity index (χ2n) is 5.87. The van der Waals surface area contributed by atoms with Gasteiger partial charge in [0, 0.05) is 18.4 Å². The van der Waals surface area contributed by atoms with Crippen LogP contribution in [0.5, 0.6) is 5.75 Å². The van der Waals surface area contributed by atoms with Crippen molar-refractivity contribution in [2.24, 2.45) is 11.8 Å². The van der Waals surface area contributed by atoms with Crippen molar-refractivity contribution in [3.8, 4) is 5.75 Å². The van der Waals surface area contributed by atoms with Crippen molar-refractivity contribution in [1.82, 2.24) is 10.6 Å². The maximum atomic E-state index is 6.46. The fourth-order valence-electron chi connectivity index (χ4n) is 3.93. The smallest absolute Gasteiger partial charge is 0.189 e. The van der Waals surface area contributed by atoms with Gasteiger partial charge < -0.3 is 15.4 Å². The summed E-state index contributed by atoms with van der Waals surface area (Å²) in [6.07, 6.45) is 4.82. The standard InChI is InChI=1S/C15H18N2OS/c19-14-16-9-12-6-3-5-11-8-10-4-1-2-7-13(10)18-15(11,12)17-14/h1-2,4,7,11-12H,3,5-6,8-9H2,(H2,16,17,19). The maximum absolute atomic E-state index is 6.46. The molecule has 2 N–H and O–H groups in total. The van der Waals surface area contributed by atoms with Gasteiger partial charge in [-0.1, -0.05) is 24.6 Å². The molecule has 1 aromatic carbocycles. The predicted molar refractivity (Wildman–Crippen MR) is 78.1 cm³/mol. The number of benzene rings is 1. The Hall–Kier alpha value is -1.29. The summed E-state index contributed by atoms with van der Waals surface area (Å²) in [4.78, 5) is 0. The largest absolute Gasteiger partial charge is 0.467 e. The Labute approximate surface area is 118 Å². The molecule has 1 aromatic rings. The summed E-state index contributed by atoms with van der Waals surface area (Å²) < 4.78 is 6.46. The summed E-state index contributed by atoms with van der Waals surface area (Å²) in [6.45, 7) is 0.935. The van der Waals surface area contributed by atoms with E-state index in [-0.39, 0.29) is 5.72 Å². The zero-order chi connectivity index (χ0) is 12.9. The highest BCUT2D eigenvalue weighted by Crippen LogP contribution is 2.47. The van der Waals surface area contributed by atoms with Gasteiger partial charge in [-0.05, 0) is 43.1 Å². The summed E-state index contributed by atoms with van der Waals surface area (Å²) in [6, 6.07) is 8.41. The van der Waals surface area contributed by atoms with Crippen LogP contribution in [0, 0.1) is 11.8 Å². The van der Waals surface area contributed by atoms with Crippen LogP contribution in [0.1, 0.15) is 24.8 Å². The first-order valence-electron chi connectivity index (χ1n) is 7.11. The topological polar surface area (TPSA) is 33.3 Å². The van der Waals surface area contributed by atoms with Gasteiger partial charge in [0.1, 0.15) is 5.75 Å². The van der Waals surface area contributed by atoms with Crippen molar-refractivity contribution < 1.29 is 4.74 Å². The Bertz CT molecular complexity index is 533. The number of ether oxygens (including phenoxy) is 1. The van der Waals surface area contributed by atoms with Crippen LogP contribution in [0.3, 0.4) is 0 Å². The maximum Gasteiger partial charge on any atom is 0.189 e. The van der Waals surface area contributed by atoms with Crippen LogP contribution in [-0.2, 0) is 6.42 Å². The lowest BCUT2D eigenvalue weighted by atomic mass is 9.69. The average Bonchev–Trinajstić information content (AvgIpc) is 2.42. The highest BCUT2D eigenvalue weighted by atomic mass is 32.1. The molecule has 2 fully saturated rings. The molecule has 3 aliphatic rings. The minimum Gasteiger partial charge on any atom is -0.467 e. The van der Waals surface area contributed by atoms with E-state index in [0.717, 1.165) is 23.8 Å². The number of hydrogen-bond donors (Lipinski definition) is 2. The second kappa shape index (κ2) is 4.10. The van der Waals surface area contributed by atoms with Crippen molar-refractivity contribution in [3.05, 3.63) is 29.8 Å². The Balaban J connectivity index is 1.78. The van der Waals surface area contributed by atoms with E-state index in [4.69, 9.17) is 17.0 Å². The van der Waals surface area contributed by atoms with Gasteiger partial charge in [-0.25, -0.2) is 0 Å². The minimum absolute atomic E-state index is 0.269. The molecule has 3 nitrogen and oxygen atoms in total. The van der Waals surface area contributed by atoms with Crippen LogP contribution in [0.25, 0.3) is 0 Å². The minimum atomic E-state index is -0.269. The van der Waals surface area contributed by atoms with Crippen molar-refractivity contribution in [3.63, 3.8) is 0 Å². The monoisotopic (exact) mass is 274 g/mol. The molecular weight excluding hydrogens is 256 g/mol. The number of thiocarbonyl (C=S) groups is 1. The first-order valence-corrected chi connectivity index (χ1v) is 7.52. The number of para-hydroxylation sites is 1. The second-order valence-corrected chi connectivity index (χ2v) is 6.28. The van der Waals surface area contributed by atoms with E-state index in [1.54, 1.807) is 0 Å². The molecule has 1 saturated heterocycles. The molecular formula is C15H18N2OS. The number of nitrogens with one attached hydrogen (secondary N) is 2. The zero-order valence-corrected chi connectivity index (χ0v) is 11.6. The van der Waals surface area contributed by atoms with E-state index in [2.05, 4.69) is 28.8 Å². The van der Waals surface area contributed by atoms with Gasteiger partial charge in [0.15, 0.2) is 10.8 Å². The van der Waals surface area contributed by atoms with Crippen molar-refractivity contribution in [2.75, 3.05) is 6.54 Å². The molecule has 0 amide bonds. The Morgan fingerprint density at radius 2 is 2.05 bits per heavy atom.